The molecule has 0 atom stereocenters. The number of rotatable bonds is 5. The maximum atomic E-state index is 11.6. The summed E-state index contributed by atoms with van der Waals surface area (Å²) >= 11 is 1.47. The van der Waals surface area contributed by atoms with Crippen LogP contribution >= 0.6 is 11.8 Å². The second-order valence-electron chi connectivity index (χ2n) is 4.17. The van der Waals surface area contributed by atoms with Gasteiger partial charge in [-0.1, -0.05) is 6.92 Å². The minimum atomic E-state index is -0.942. The first-order valence-electron chi connectivity index (χ1n) is 5.75. The fourth-order valence-corrected chi connectivity index (χ4v) is 2.10. The molecule has 0 N–H and O–H groups in total. The Kier molecular flexibility index (Phi) is 5.19. The topological polar surface area (TPSA) is 72.2 Å². The molecule has 0 fully saturated rings. The first-order chi connectivity index (χ1) is 8.93. The van der Waals surface area contributed by atoms with Gasteiger partial charge in [-0.2, -0.15) is 5.26 Å². The van der Waals surface area contributed by atoms with Crippen molar-refractivity contribution in [2.45, 2.75) is 31.3 Å². The first kappa shape index (κ1) is 15.3. The number of nitriles is 1. The van der Waals surface area contributed by atoms with Crippen molar-refractivity contribution in [3.05, 3.63) is 18.0 Å². The summed E-state index contributed by atoms with van der Waals surface area (Å²) in [4.78, 5) is 16.3. The Bertz CT molecular complexity index is 509. The largest absolute Gasteiger partial charge is 0.471 e. The van der Waals surface area contributed by atoms with Crippen LogP contribution in [-0.2, 0) is 4.74 Å². The quantitative estimate of drug-likeness (QED) is 0.610. The van der Waals surface area contributed by atoms with Gasteiger partial charge >= 0.3 is 5.97 Å². The van der Waals surface area contributed by atoms with Crippen molar-refractivity contribution < 1.29 is 14.3 Å². The molecule has 1 aromatic heterocycles. The number of aromatic nitrogens is 1. The molecule has 5 nitrogen and oxygen atoms in total. The highest BCUT2D eigenvalue weighted by atomic mass is 32.2. The van der Waals surface area contributed by atoms with Crippen molar-refractivity contribution in [1.82, 2.24) is 4.98 Å². The average molecular weight is 280 g/mol. The van der Waals surface area contributed by atoms with E-state index in [4.69, 9.17) is 10.00 Å². The number of nitrogens with zero attached hydrogens (tertiary/aromatic N) is 2. The molecule has 0 aliphatic rings. The van der Waals surface area contributed by atoms with E-state index in [2.05, 4.69) is 9.72 Å². The Morgan fingerprint density at radius 3 is 2.79 bits per heavy atom. The highest BCUT2D eigenvalue weighted by Gasteiger charge is 2.21. The lowest BCUT2D eigenvalue weighted by Crippen LogP contribution is -2.25. The predicted molar refractivity (Wildman–Crippen MR) is 72.3 cm³/mol. The van der Waals surface area contributed by atoms with Gasteiger partial charge in [-0.15, -0.1) is 11.8 Å². The Balaban J connectivity index is 3.09. The van der Waals surface area contributed by atoms with Crippen LogP contribution in [-0.4, -0.2) is 29.4 Å². The monoisotopic (exact) mass is 280 g/mol. The van der Waals surface area contributed by atoms with E-state index in [0.29, 0.717) is 10.6 Å². The molecule has 0 aliphatic carbocycles. The standard InChI is InChI=1S/C13H16N2O3S/c1-5-19-10-6-9(18-13(2,3)8-14)7-15-11(10)12(16)17-4/h6-7H,5H2,1-4H3. The van der Waals surface area contributed by atoms with Crippen LogP contribution < -0.4 is 4.74 Å². The second kappa shape index (κ2) is 6.43. The highest BCUT2D eigenvalue weighted by molar-refractivity contribution is 7.99. The van der Waals surface area contributed by atoms with Crippen LogP contribution in [0.3, 0.4) is 0 Å². The minimum absolute atomic E-state index is 0.261. The van der Waals surface area contributed by atoms with Gasteiger partial charge in [0.25, 0.3) is 0 Å². The van der Waals surface area contributed by atoms with Gasteiger partial charge < -0.3 is 9.47 Å². The van der Waals surface area contributed by atoms with Crippen LogP contribution in [0, 0.1) is 11.3 Å². The number of hydrogen-bond donors (Lipinski definition) is 0. The number of ether oxygens (including phenoxy) is 2. The van der Waals surface area contributed by atoms with E-state index in [9.17, 15) is 4.79 Å². The zero-order valence-corrected chi connectivity index (χ0v) is 12.2. The summed E-state index contributed by atoms with van der Waals surface area (Å²) in [5, 5.41) is 8.93. The number of carbonyl (C=O) groups is 1. The molecular formula is C13H16N2O3S. The van der Waals surface area contributed by atoms with E-state index in [1.807, 2.05) is 13.0 Å². The SMILES string of the molecule is CCSc1cc(OC(C)(C)C#N)cnc1C(=O)OC. The summed E-state index contributed by atoms with van der Waals surface area (Å²) in [6.07, 6.45) is 1.42. The van der Waals surface area contributed by atoms with Gasteiger partial charge in [-0.25, -0.2) is 9.78 Å². The summed E-state index contributed by atoms with van der Waals surface area (Å²) in [6.45, 7) is 5.29. The Hall–Kier alpha value is -1.74. The molecule has 0 saturated carbocycles. The van der Waals surface area contributed by atoms with Crippen molar-refractivity contribution in [3.8, 4) is 11.8 Å². The molecule has 0 saturated heterocycles. The molecule has 0 amide bonds. The van der Waals surface area contributed by atoms with Crippen molar-refractivity contribution in [1.29, 1.82) is 5.26 Å². The van der Waals surface area contributed by atoms with Crippen molar-refractivity contribution in [2.75, 3.05) is 12.9 Å². The molecule has 6 heteroatoms. The third-order valence-corrected chi connectivity index (χ3v) is 3.06. The number of pyridine rings is 1. The number of methoxy groups -OCH3 is 1. The third kappa shape index (κ3) is 4.14. The van der Waals surface area contributed by atoms with E-state index in [0.717, 1.165) is 5.75 Å². The van der Waals surface area contributed by atoms with Crippen LogP contribution in [0.25, 0.3) is 0 Å². The lowest BCUT2D eigenvalue weighted by Gasteiger charge is -2.18. The molecule has 1 rings (SSSR count). The number of esters is 1. The summed E-state index contributed by atoms with van der Waals surface area (Å²) in [6, 6.07) is 3.74. The average Bonchev–Trinajstić information content (AvgIpc) is 2.38. The molecule has 0 aromatic carbocycles. The Labute approximate surface area is 116 Å². The van der Waals surface area contributed by atoms with Gasteiger partial charge in [0.15, 0.2) is 11.3 Å². The first-order valence-corrected chi connectivity index (χ1v) is 6.73. The molecule has 0 bridgehead atoms. The van der Waals surface area contributed by atoms with Crippen LogP contribution in [0.4, 0.5) is 0 Å². The maximum absolute atomic E-state index is 11.6. The lowest BCUT2D eigenvalue weighted by molar-refractivity contribution is 0.0589. The Morgan fingerprint density at radius 1 is 1.58 bits per heavy atom. The van der Waals surface area contributed by atoms with Crippen LogP contribution in [0.15, 0.2) is 17.2 Å². The van der Waals surface area contributed by atoms with Gasteiger partial charge in [0.2, 0.25) is 0 Å². The van der Waals surface area contributed by atoms with E-state index in [1.54, 1.807) is 19.9 Å². The molecule has 1 heterocycles. The molecule has 0 aliphatic heterocycles. The van der Waals surface area contributed by atoms with Gasteiger partial charge in [0, 0.05) is 4.90 Å². The Morgan fingerprint density at radius 2 is 2.26 bits per heavy atom. The molecule has 0 unspecified atom stereocenters. The molecule has 0 radical (unpaired) electrons. The molecular weight excluding hydrogens is 264 g/mol. The van der Waals surface area contributed by atoms with E-state index in [1.165, 1.54) is 25.1 Å². The van der Waals surface area contributed by atoms with E-state index < -0.39 is 11.6 Å². The number of thioether (sulfide) groups is 1. The normalized spacial score (nSPS) is 10.7. The van der Waals surface area contributed by atoms with Crippen LogP contribution in [0.5, 0.6) is 5.75 Å². The highest BCUT2D eigenvalue weighted by Crippen LogP contribution is 2.27. The van der Waals surface area contributed by atoms with Crippen molar-refractivity contribution >= 4 is 17.7 Å². The van der Waals surface area contributed by atoms with Gasteiger partial charge in [0.05, 0.1) is 13.3 Å². The maximum Gasteiger partial charge on any atom is 0.357 e. The fourth-order valence-electron chi connectivity index (χ4n) is 1.32. The molecule has 0 spiro atoms. The molecule has 19 heavy (non-hydrogen) atoms. The predicted octanol–water partition coefficient (Wildman–Crippen LogP) is 2.66. The second-order valence-corrected chi connectivity index (χ2v) is 5.47. The van der Waals surface area contributed by atoms with Gasteiger partial charge in [-0.3, -0.25) is 0 Å². The summed E-state index contributed by atoms with van der Waals surface area (Å²) in [5.74, 6) is 0.758. The number of hydrogen-bond acceptors (Lipinski definition) is 6. The smallest absolute Gasteiger partial charge is 0.357 e. The zero-order valence-electron chi connectivity index (χ0n) is 11.4. The fraction of sp³-hybridized carbons (Fsp3) is 0.462. The van der Waals surface area contributed by atoms with Gasteiger partial charge in [0.1, 0.15) is 11.8 Å². The summed E-state index contributed by atoms with van der Waals surface area (Å²) < 4.78 is 10.2. The minimum Gasteiger partial charge on any atom is -0.471 e. The lowest BCUT2D eigenvalue weighted by atomic mass is 10.2. The summed E-state index contributed by atoms with van der Waals surface area (Å²) in [5.41, 5.74) is -0.681. The van der Waals surface area contributed by atoms with Crippen molar-refractivity contribution in [2.24, 2.45) is 0 Å². The molecule has 102 valence electrons. The van der Waals surface area contributed by atoms with E-state index >= 15 is 0 Å². The van der Waals surface area contributed by atoms with E-state index in [-0.39, 0.29) is 5.69 Å². The van der Waals surface area contributed by atoms with Crippen LogP contribution in [0.1, 0.15) is 31.3 Å². The zero-order chi connectivity index (χ0) is 14.5. The van der Waals surface area contributed by atoms with Crippen molar-refractivity contribution in [3.63, 3.8) is 0 Å². The summed E-state index contributed by atoms with van der Waals surface area (Å²) in [7, 11) is 1.31. The van der Waals surface area contributed by atoms with Gasteiger partial charge in [-0.05, 0) is 25.7 Å². The third-order valence-electron chi connectivity index (χ3n) is 2.15. The number of carbonyl (C=O) groups excluding carboxylic acids is 1. The van der Waals surface area contributed by atoms with Crippen LogP contribution in [0.2, 0.25) is 0 Å². The molecule has 1 aromatic rings.